The Morgan fingerprint density at radius 2 is 1.94 bits per heavy atom. The monoisotopic (exact) mass is 433 g/mol. The molecule has 0 bridgehead atoms. The van der Waals surface area contributed by atoms with Crippen LogP contribution in [0.2, 0.25) is 0 Å². The van der Waals surface area contributed by atoms with Crippen LogP contribution in [0, 0.1) is 13.8 Å². The first kappa shape index (κ1) is 21.2. The molecule has 32 heavy (non-hydrogen) atoms. The molecule has 10 heteroatoms. The van der Waals surface area contributed by atoms with Gasteiger partial charge < -0.3 is 15.6 Å². The van der Waals surface area contributed by atoms with E-state index in [0.717, 1.165) is 11.3 Å². The van der Waals surface area contributed by atoms with E-state index in [1.54, 1.807) is 29.6 Å². The molecule has 4 rings (SSSR count). The predicted octanol–water partition coefficient (Wildman–Crippen LogP) is 1.27. The third-order valence-electron chi connectivity index (χ3n) is 5.55. The molecular weight excluding hydrogens is 410 g/mol. The fourth-order valence-corrected chi connectivity index (χ4v) is 3.81. The molecule has 1 aromatic carbocycles. The Kier molecular flexibility index (Phi) is 5.43. The highest BCUT2D eigenvalue weighted by atomic mass is 16.2. The number of H-pyrrole nitrogens is 1. The van der Waals surface area contributed by atoms with E-state index in [-0.39, 0.29) is 30.1 Å². The molecule has 164 valence electrons. The van der Waals surface area contributed by atoms with E-state index in [4.69, 9.17) is 5.73 Å². The van der Waals surface area contributed by atoms with Crippen molar-refractivity contribution in [3.63, 3.8) is 0 Å². The molecule has 0 aliphatic heterocycles. The lowest BCUT2D eigenvalue weighted by Gasteiger charge is -2.18. The molecule has 10 nitrogen and oxygen atoms in total. The Hall–Kier alpha value is -4.08. The van der Waals surface area contributed by atoms with Crippen LogP contribution in [0.5, 0.6) is 0 Å². The first-order chi connectivity index (χ1) is 15.3. The zero-order valence-electron chi connectivity index (χ0n) is 18.0. The summed E-state index contributed by atoms with van der Waals surface area (Å²) < 4.78 is 1.71. The van der Waals surface area contributed by atoms with Gasteiger partial charge in [-0.3, -0.25) is 18.8 Å². The minimum Gasteiger partial charge on any atom is -0.364 e. The summed E-state index contributed by atoms with van der Waals surface area (Å²) in [5, 5.41) is 0.512. The van der Waals surface area contributed by atoms with Crippen molar-refractivity contribution >= 4 is 28.4 Å². The third kappa shape index (κ3) is 3.82. The van der Waals surface area contributed by atoms with Crippen LogP contribution in [0.15, 0.2) is 35.4 Å². The number of aromatic nitrogens is 5. The topological polar surface area (TPSA) is 139 Å². The second-order valence-electron chi connectivity index (χ2n) is 7.69. The summed E-state index contributed by atoms with van der Waals surface area (Å²) in [6.07, 6.45) is 2.23. The van der Waals surface area contributed by atoms with Gasteiger partial charge in [-0.2, -0.15) is 0 Å². The highest BCUT2D eigenvalue weighted by Crippen LogP contribution is 2.19. The number of carbonyl (C=O) groups excluding carboxylic acids is 2. The number of para-hydroxylation sites is 1. The lowest BCUT2D eigenvalue weighted by molar-refractivity contribution is -0.130. The molecule has 0 aliphatic rings. The standard InChI is InChI=1S/C22H23N7O3/c1-12-14(13(2)29-11-24-19(20(23)31)21(29)25-12)8-9-18(30)28(3)10-17-26-16-7-5-4-6-15(16)22(32)27-17/h4-7,11H,8-10H2,1-3H3,(H2,23,31)(H,26,27,32). The van der Waals surface area contributed by atoms with E-state index in [9.17, 15) is 14.4 Å². The summed E-state index contributed by atoms with van der Waals surface area (Å²) in [7, 11) is 1.67. The molecule has 3 N–H and O–H groups in total. The highest BCUT2D eigenvalue weighted by Gasteiger charge is 2.18. The molecule has 0 aliphatic carbocycles. The van der Waals surface area contributed by atoms with E-state index in [1.807, 2.05) is 19.9 Å². The van der Waals surface area contributed by atoms with Crippen molar-refractivity contribution in [2.75, 3.05) is 7.05 Å². The number of nitrogens with zero attached hydrogens (tertiary/aromatic N) is 5. The summed E-state index contributed by atoms with van der Waals surface area (Å²) in [5.74, 6) is -0.302. The number of nitrogens with one attached hydrogen (secondary N) is 1. The lowest BCUT2D eigenvalue weighted by Crippen LogP contribution is -2.28. The maximum absolute atomic E-state index is 12.8. The van der Waals surface area contributed by atoms with Gasteiger partial charge in [-0.25, -0.2) is 15.0 Å². The summed E-state index contributed by atoms with van der Waals surface area (Å²) in [4.78, 5) is 53.8. The number of imidazole rings is 1. The van der Waals surface area contributed by atoms with E-state index in [1.165, 1.54) is 11.2 Å². The summed E-state index contributed by atoms with van der Waals surface area (Å²) in [6, 6.07) is 7.07. The van der Waals surface area contributed by atoms with Crippen molar-refractivity contribution in [1.82, 2.24) is 29.2 Å². The van der Waals surface area contributed by atoms with Crippen molar-refractivity contribution in [1.29, 1.82) is 0 Å². The van der Waals surface area contributed by atoms with Crippen LogP contribution in [-0.2, 0) is 17.8 Å². The van der Waals surface area contributed by atoms with Crippen LogP contribution in [-0.4, -0.2) is 48.1 Å². The number of aryl methyl sites for hydroxylation is 2. The maximum Gasteiger partial charge on any atom is 0.271 e. The average Bonchev–Trinajstić information content (AvgIpc) is 3.17. The number of aromatic amines is 1. The summed E-state index contributed by atoms with van der Waals surface area (Å²) >= 11 is 0. The molecule has 0 atom stereocenters. The van der Waals surface area contributed by atoms with Gasteiger partial charge in [0.2, 0.25) is 5.91 Å². The van der Waals surface area contributed by atoms with E-state index in [0.29, 0.717) is 34.5 Å². The van der Waals surface area contributed by atoms with Crippen molar-refractivity contribution in [3.8, 4) is 0 Å². The average molecular weight is 433 g/mol. The second kappa shape index (κ2) is 8.22. The SMILES string of the molecule is Cc1nc2c(C(N)=O)ncn2c(C)c1CCC(=O)N(C)Cc1nc2ccccc2c(=O)[nH]1. The number of rotatable bonds is 6. The van der Waals surface area contributed by atoms with Crippen LogP contribution < -0.4 is 11.3 Å². The molecule has 4 aromatic rings. The molecule has 0 spiro atoms. The molecule has 0 fully saturated rings. The molecule has 2 amide bonds. The number of nitrogens with two attached hydrogens (primary N) is 1. The van der Waals surface area contributed by atoms with Crippen LogP contribution in [0.4, 0.5) is 0 Å². The van der Waals surface area contributed by atoms with Gasteiger partial charge in [-0.1, -0.05) is 12.1 Å². The largest absolute Gasteiger partial charge is 0.364 e. The number of amides is 2. The van der Waals surface area contributed by atoms with Gasteiger partial charge >= 0.3 is 0 Å². The first-order valence-corrected chi connectivity index (χ1v) is 10.1. The molecule has 3 aromatic heterocycles. The van der Waals surface area contributed by atoms with Gasteiger partial charge in [0.15, 0.2) is 11.3 Å². The Morgan fingerprint density at radius 3 is 2.69 bits per heavy atom. The smallest absolute Gasteiger partial charge is 0.271 e. The number of benzene rings is 1. The first-order valence-electron chi connectivity index (χ1n) is 10.1. The Labute approximate surface area is 183 Å². The molecule has 0 saturated heterocycles. The third-order valence-corrected chi connectivity index (χ3v) is 5.55. The molecular formula is C22H23N7O3. The number of carbonyl (C=O) groups is 2. The number of hydrogen-bond acceptors (Lipinski definition) is 6. The predicted molar refractivity (Wildman–Crippen MR) is 118 cm³/mol. The molecule has 0 unspecified atom stereocenters. The zero-order valence-corrected chi connectivity index (χ0v) is 18.0. The van der Waals surface area contributed by atoms with E-state index < -0.39 is 5.91 Å². The van der Waals surface area contributed by atoms with Crippen molar-refractivity contribution in [2.45, 2.75) is 33.2 Å². The van der Waals surface area contributed by atoms with Gasteiger partial charge in [0, 0.05) is 24.9 Å². The van der Waals surface area contributed by atoms with E-state index in [2.05, 4.69) is 19.9 Å². The second-order valence-corrected chi connectivity index (χ2v) is 7.69. The summed E-state index contributed by atoms with van der Waals surface area (Å²) in [5.41, 5.74) is 8.73. The van der Waals surface area contributed by atoms with E-state index >= 15 is 0 Å². The van der Waals surface area contributed by atoms with Gasteiger partial charge in [0.1, 0.15) is 12.2 Å². The van der Waals surface area contributed by atoms with Crippen molar-refractivity contribution in [3.05, 3.63) is 69.4 Å². The van der Waals surface area contributed by atoms with Gasteiger partial charge in [0.05, 0.1) is 17.4 Å². The Bertz CT molecular complexity index is 1420. The Morgan fingerprint density at radius 1 is 1.19 bits per heavy atom. The Balaban J connectivity index is 1.49. The number of hydrogen-bond donors (Lipinski definition) is 2. The quantitative estimate of drug-likeness (QED) is 0.469. The lowest BCUT2D eigenvalue weighted by atomic mass is 10.1. The zero-order chi connectivity index (χ0) is 23.0. The normalized spacial score (nSPS) is 11.2. The van der Waals surface area contributed by atoms with Crippen LogP contribution >= 0.6 is 0 Å². The summed E-state index contributed by atoms with van der Waals surface area (Å²) in [6.45, 7) is 3.91. The maximum atomic E-state index is 12.8. The van der Waals surface area contributed by atoms with Crippen LogP contribution in [0.1, 0.15) is 39.7 Å². The van der Waals surface area contributed by atoms with Gasteiger partial charge in [0.25, 0.3) is 11.5 Å². The molecule has 0 radical (unpaired) electrons. The molecule has 3 heterocycles. The fourth-order valence-electron chi connectivity index (χ4n) is 3.81. The number of fused-ring (bicyclic) bond motifs is 2. The van der Waals surface area contributed by atoms with Crippen molar-refractivity contribution < 1.29 is 9.59 Å². The van der Waals surface area contributed by atoms with Gasteiger partial charge in [-0.15, -0.1) is 0 Å². The minimum atomic E-state index is -0.635. The highest BCUT2D eigenvalue weighted by molar-refractivity contribution is 5.96. The number of primary amides is 1. The fraction of sp³-hybridized carbons (Fsp3) is 0.273. The van der Waals surface area contributed by atoms with Crippen LogP contribution in [0.25, 0.3) is 16.6 Å². The molecule has 0 saturated carbocycles. The van der Waals surface area contributed by atoms with Gasteiger partial charge in [-0.05, 0) is 38.0 Å². The van der Waals surface area contributed by atoms with Crippen LogP contribution in [0.3, 0.4) is 0 Å². The minimum absolute atomic E-state index is 0.0943. The van der Waals surface area contributed by atoms with Crippen molar-refractivity contribution in [2.24, 2.45) is 5.73 Å².